The summed E-state index contributed by atoms with van der Waals surface area (Å²) in [5.41, 5.74) is 0. The van der Waals surface area contributed by atoms with Gasteiger partial charge in [-0.15, -0.1) is 0 Å². The predicted octanol–water partition coefficient (Wildman–Crippen LogP) is -1.04. The van der Waals surface area contributed by atoms with Crippen LogP contribution in [0.2, 0.25) is 0 Å². The summed E-state index contributed by atoms with van der Waals surface area (Å²) in [6.45, 7) is 2.42. The molecular formula is C10H18N2O3. The molecule has 0 aromatic rings. The molecule has 0 bridgehead atoms. The van der Waals surface area contributed by atoms with Crippen molar-refractivity contribution in [2.45, 2.75) is 25.0 Å². The smallest absolute Gasteiger partial charge is 0.248 e. The molecule has 2 fully saturated rings. The quantitative estimate of drug-likeness (QED) is 0.630. The van der Waals surface area contributed by atoms with Crippen LogP contribution in [0.15, 0.2) is 0 Å². The highest BCUT2D eigenvalue weighted by molar-refractivity contribution is 5.78. The first-order chi connectivity index (χ1) is 7.29. The summed E-state index contributed by atoms with van der Waals surface area (Å²) in [6.07, 6.45) is 2.12. The van der Waals surface area contributed by atoms with Crippen molar-refractivity contribution in [2.24, 2.45) is 0 Å². The van der Waals surface area contributed by atoms with Crippen LogP contribution in [0.25, 0.3) is 0 Å². The number of hydrogen-bond donors (Lipinski definition) is 2. The minimum Gasteiger partial charge on any atom is -0.394 e. The minimum absolute atomic E-state index is 0.0120. The summed E-state index contributed by atoms with van der Waals surface area (Å²) >= 11 is 0. The zero-order chi connectivity index (χ0) is 10.7. The Kier molecular flexibility index (Phi) is 3.56. The molecule has 0 aromatic heterocycles. The lowest BCUT2D eigenvalue weighted by molar-refractivity contribution is -0.151. The molecule has 2 aliphatic heterocycles. The minimum atomic E-state index is -0.205. The number of carbonyl (C=O) groups is 1. The van der Waals surface area contributed by atoms with Gasteiger partial charge in [-0.25, -0.2) is 0 Å². The Bertz CT molecular complexity index is 229. The Labute approximate surface area is 89.4 Å². The molecule has 86 valence electrons. The molecule has 2 rings (SSSR count). The monoisotopic (exact) mass is 214 g/mol. The summed E-state index contributed by atoms with van der Waals surface area (Å²) in [4.78, 5) is 13.3. The number of hydrogen-bond acceptors (Lipinski definition) is 4. The van der Waals surface area contributed by atoms with Crippen LogP contribution >= 0.6 is 0 Å². The number of rotatable bonds is 3. The van der Waals surface area contributed by atoms with Gasteiger partial charge in [0, 0.05) is 19.1 Å². The van der Waals surface area contributed by atoms with Gasteiger partial charge in [-0.2, -0.15) is 0 Å². The largest absolute Gasteiger partial charge is 0.394 e. The molecule has 15 heavy (non-hydrogen) atoms. The van der Waals surface area contributed by atoms with E-state index in [4.69, 9.17) is 9.84 Å². The normalized spacial score (nSPS) is 32.3. The molecule has 1 amide bonds. The third-order valence-corrected chi connectivity index (χ3v) is 3.03. The van der Waals surface area contributed by atoms with E-state index in [1.165, 1.54) is 6.42 Å². The van der Waals surface area contributed by atoms with Gasteiger partial charge in [0.25, 0.3) is 0 Å². The topological polar surface area (TPSA) is 61.8 Å². The lowest BCUT2D eigenvalue weighted by Crippen LogP contribution is -2.51. The van der Waals surface area contributed by atoms with Crippen molar-refractivity contribution in [3.05, 3.63) is 0 Å². The lowest BCUT2D eigenvalue weighted by Gasteiger charge is -2.33. The van der Waals surface area contributed by atoms with E-state index in [0.717, 1.165) is 19.5 Å². The molecule has 2 unspecified atom stereocenters. The van der Waals surface area contributed by atoms with E-state index in [0.29, 0.717) is 12.6 Å². The fourth-order valence-electron chi connectivity index (χ4n) is 2.15. The summed E-state index contributed by atoms with van der Waals surface area (Å²) in [5, 5.41) is 12.3. The Balaban J connectivity index is 1.85. The molecule has 5 heteroatoms. The fraction of sp³-hybridized carbons (Fsp3) is 0.900. The van der Waals surface area contributed by atoms with Crippen LogP contribution in [0.5, 0.6) is 0 Å². The van der Waals surface area contributed by atoms with Crippen molar-refractivity contribution in [3.63, 3.8) is 0 Å². The third-order valence-electron chi connectivity index (χ3n) is 3.03. The van der Waals surface area contributed by atoms with E-state index in [1.54, 1.807) is 4.90 Å². The Morgan fingerprint density at radius 2 is 2.47 bits per heavy atom. The molecule has 0 aromatic carbocycles. The Hall–Kier alpha value is -0.650. The summed E-state index contributed by atoms with van der Waals surface area (Å²) in [5.74, 6) is 0.0356. The molecule has 2 aliphatic rings. The van der Waals surface area contributed by atoms with Crippen LogP contribution in [-0.2, 0) is 9.53 Å². The zero-order valence-corrected chi connectivity index (χ0v) is 8.82. The maximum atomic E-state index is 11.5. The fourth-order valence-corrected chi connectivity index (χ4v) is 2.15. The van der Waals surface area contributed by atoms with Crippen molar-refractivity contribution < 1.29 is 14.6 Å². The van der Waals surface area contributed by atoms with Crippen molar-refractivity contribution in [1.29, 1.82) is 0 Å². The predicted molar refractivity (Wildman–Crippen MR) is 54.4 cm³/mol. The van der Waals surface area contributed by atoms with E-state index < -0.39 is 0 Å². The van der Waals surface area contributed by atoms with Crippen LogP contribution in [0.3, 0.4) is 0 Å². The second-order valence-corrected chi connectivity index (χ2v) is 4.21. The van der Waals surface area contributed by atoms with Crippen LogP contribution in [0.4, 0.5) is 0 Å². The summed E-state index contributed by atoms with van der Waals surface area (Å²) in [7, 11) is 0. The van der Waals surface area contributed by atoms with Gasteiger partial charge in [-0.3, -0.25) is 4.79 Å². The lowest BCUT2D eigenvalue weighted by atomic mass is 10.2. The highest BCUT2D eigenvalue weighted by Gasteiger charge is 2.28. The van der Waals surface area contributed by atoms with Gasteiger partial charge >= 0.3 is 0 Å². The molecular weight excluding hydrogens is 196 g/mol. The number of ether oxygens (including phenoxy) is 1. The molecule has 2 N–H and O–H groups in total. The van der Waals surface area contributed by atoms with Crippen LogP contribution in [0.1, 0.15) is 12.8 Å². The molecule has 2 saturated heterocycles. The molecule has 0 aliphatic carbocycles. The number of aliphatic hydroxyl groups is 1. The zero-order valence-electron chi connectivity index (χ0n) is 8.82. The number of aliphatic hydroxyl groups excluding tert-OH is 1. The first kappa shape index (κ1) is 10.9. The molecule has 2 atom stereocenters. The first-order valence-electron chi connectivity index (χ1n) is 5.53. The van der Waals surface area contributed by atoms with E-state index in [9.17, 15) is 4.79 Å². The van der Waals surface area contributed by atoms with Gasteiger partial charge in [-0.1, -0.05) is 0 Å². The molecule has 0 radical (unpaired) electrons. The number of morpholine rings is 1. The second-order valence-electron chi connectivity index (χ2n) is 4.21. The molecule has 2 heterocycles. The van der Waals surface area contributed by atoms with Gasteiger partial charge < -0.3 is 20.1 Å². The average molecular weight is 214 g/mol. The first-order valence-corrected chi connectivity index (χ1v) is 5.53. The summed E-state index contributed by atoms with van der Waals surface area (Å²) in [6, 6.07) is 0.423. The van der Waals surface area contributed by atoms with Gasteiger partial charge in [-0.05, 0) is 19.4 Å². The van der Waals surface area contributed by atoms with Crippen molar-refractivity contribution >= 4 is 5.91 Å². The van der Waals surface area contributed by atoms with E-state index in [-0.39, 0.29) is 25.2 Å². The van der Waals surface area contributed by atoms with Crippen LogP contribution < -0.4 is 5.32 Å². The number of nitrogens with one attached hydrogen (secondary N) is 1. The third kappa shape index (κ3) is 2.68. The number of carbonyl (C=O) groups excluding carboxylic acids is 1. The van der Waals surface area contributed by atoms with Crippen LogP contribution in [0, 0.1) is 0 Å². The standard InChI is InChI=1S/C10H18N2O3/c13-6-9-5-12(10(14)7-15-9)4-8-2-1-3-11-8/h8-9,11,13H,1-7H2. The number of nitrogens with zero attached hydrogens (tertiary/aromatic N) is 1. The van der Waals surface area contributed by atoms with Crippen molar-refractivity contribution in [3.8, 4) is 0 Å². The van der Waals surface area contributed by atoms with Gasteiger partial charge in [0.15, 0.2) is 0 Å². The molecule has 5 nitrogen and oxygen atoms in total. The Morgan fingerprint density at radius 3 is 3.13 bits per heavy atom. The van der Waals surface area contributed by atoms with E-state index >= 15 is 0 Å². The van der Waals surface area contributed by atoms with Crippen molar-refractivity contribution in [2.75, 3.05) is 32.8 Å². The number of amides is 1. The van der Waals surface area contributed by atoms with E-state index in [1.807, 2.05) is 0 Å². The van der Waals surface area contributed by atoms with Crippen LogP contribution in [-0.4, -0.2) is 60.9 Å². The maximum Gasteiger partial charge on any atom is 0.248 e. The summed E-state index contributed by atoms with van der Waals surface area (Å²) < 4.78 is 5.17. The maximum absolute atomic E-state index is 11.5. The van der Waals surface area contributed by atoms with Crippen molar-refractivity contribution in [1.82, 2.24) is 10.2 Å². The molecule has 0 saturated carbocycles. The van der Waals surface area contributed by atoms with Gasteiger partial charge in [0.1, 0.15) is 6.61 Å². The Morgan fingerprint density at radius 1 is 1.60 bits per heavy atom. The molecule has 0 spiro atoms. The second kappa shape index (κ2) is 4.92. The highest BCUT2D eigenvalue weighted by atomic mass is 16.5. The highest BCUT2D eigenvalue weighted by Crippen LogP contribution is 2.11. The average Bonchev–Trinajstić information content (AvgIpc) is 2.74. The van der Waals surface area contributed by atoms with Gasteiger partial charge in [0.2, 0.25) is 5.91 Å². The SMILES string of the molecule is O=C1COC(CO)CN1CC1CCCN1. The van der Waals surface area contributed by atoms with E-state index in [2.05, 4.69) is 5.32 Å². The van der Waals surface area contributed by atoms with Gasteiger partial charge in [0.05, 0.1) is 12.7 Å².